The summed E-state index contributed by atoms with van der Waals surface area (Å²) in [6.07, 6.45) is 0. The Kier molecular flexibility index (Phi) is 2.21. The number of phenols is 1. The van der Waals surface area contributed by atoms with Crippen LogP contribution in [0.4, 0.5) is 5.69 Å². The van der Waals surface area contributed by atoms with Crippen molar-refractivity contribution >= 4 is 5.69 Å². The summed E-state index contributed by atoms with van der Waals surface area (Å²) < 4.78 is 0. The van der Waals surface area contributed by atoms with Crippen molar-refractivity contribution < 1.29 is 5.11 Å². The number of hydrogen-bond donors (Lipinski definition) is 1. The summed E-state index contributed by atoms with van der Waals surface area (Å²) in [5.74, 6) is 0.207. The maximum Gasteiger partial charge on any atom is 0.145 e. The van der Waals surface area contributed by atoms with Gasteiger partial charge in [-0.1, -0.05) is 12.1 Å². The van der Waals surface area contributed by atoms with Crippen LogP contribution in [0.25, 0.3) is 0 Å². The maximum absolute atomic E-state index is 9.37. The number of phenolic OH excluding ortho intramolecular Hbond substituents is 1. The third-order valence-electron chi connectivity index (χ3n) is 1.42. The van der Waals surface area contributed by atoms with E-state index in [1.54, 1.807) is 13.1 Å². The minimum Gasteiger partial charge on any atom is -0.505 e. The Morgan fingerprint density at radius 1 is 1.36 bits per heavy atom. The van der Waals surface area contributed by atoms with Crippen LogP contribution in [0.2, 0.25) is 0 Å². The Balaban J connectivity index is 3.16. The van der Waals surface area contributed by atoms with Crippen molar-refractivity contribution in [2.75, 3.05) is 7.05 Å². The molecule has 0 aliphatic heterocycles. The fourth-order valence-corrected chi connectivity index (χ4v) is 0.832. The molecule has 0 atom stereocenters. The van der Waals surface area contributed by atoms with Crippen LogP contribution in [-0.2, 0) is 0 Å². The van der Waals surface area contributed by atoms with Gasteiger partial charge in [0.05, 0.1) is 0 Å². The molecule has 58 valence electrons. The van der Waals surface area contributed by atoms with Crippen LogP contribution in [0, 0.1) is 6.92 Å². The van der Waals surface area contributed by atoms with Gasteiger partial charge in [0.1, 0.15) is 11.4 Å². The van der Waals surface area contributed by atoms with Crippen LogP contribution in [0.5, 0.6) is 5.75 Å². The number of rotatable bonds is 1. The summed E-state index contributed by atoms with van der Waals surface area (Å²) >= 11 is 0. The molecular weight excluding hydrogens is 140 g/mol. The van der Waals surface area contributed by atoms with E-state index in [-0.39, 0.29) is 5.75 Å². The number of hydrogen-bond acceptors (Lipinski definition) is 3. The first-order valence-corrected chi connectivity index (χ1v) is 3.34. The molecule has 3 heteroatoms. The normalized spacial score (nSPS) is 10.7. The predicted octanol–water partition coefficient (Wildman–Crippen LogP) is 2.41. The van der Waals surface area contributed by atoms with Crippen LogP contribution in [0.1, 0.15) is 5.56 Å². The van der Waals surface area contributed by atoms with Crippen LogP contribution in [-0.4, -0.2) is 12.2 Å². The molecule has 0 unspecified atom stereocenters. The van der Waals surface area contributed by atoms with Crippen LogP contribution in [0.15, 0.2) is 28.4 Å². The zero-order chi connectivity index (χ0) is 8.27. The molecular formula is C8H10N2O. The van der Waals surface area contributed by atoms with Gasteiger partial charge in [-0.15, -0.1) is 0 Å². The molecule has 1 aromatic carbocycles. The van der Waals surface area contributed by atoms with E-state index in [9.17, 15) is 5.11 Å². The quantitative estimate of drug-likeness (QED) is 0.614. The largest absolute Gasteiger partial charge is 0.505 e. The van der Waals surface area contributed by atoms with E-state index in [0.717, 1.165) is 5.56 Å². The van der Waals surface area contributed by atoms with E-state index in [4.69, 9.17) is 0 Å². The Morgan fingerprint density at radius 2 is 2.09 bits per heavy atom. The highest BCUT2D eigenvalue weighted by Gasteiger charge is 2.00. The van der Waals surface area contributed by atoms with Crippen LogP contribution in [0.3, 0.4) is 0 Å². The second kappa shape index (κ2) is 3.14. The van der Waals surface area contributed by atoms with Crippen molar-refractivity contribution in [3.63, 3.8) is 0 Å². The lowest BCUT2D eigenvalue weighted by atomic mass is 10.2. The first-order chi connectivity index (χ1) is 5.25. The van der Waals surface area contributed by atoms with E-state index in [1.807, 2.05) is 19.1 Å². The van der Waals surface area contributed by atoms with Gasteiger partial charge in [0.25, 0.3) is 0 Å². The van der Waals surface area contributed by atoms with Gasteiger partial charge in [-0.3, -0.25) is 0 Å². The molecule has 0 amide bonds. The molecule has 0 saturated heterocycles. The average molecular weight is 150 g/mol. The third-order valence-corrected chi connectivity index (χ3v) is 1.42. The van der Waals surface area contributed by atoms with E-state index in [0.29, 0.717) is 5.69 Å². The van der Waals surface area contributed by atoms with Gasteiger partial charge in [-0.25, -0.2) is 0 Å². The first kappa shape index (κ1) is 7.72. The molecule has 1 aromatic rings. The Morgan fingerprint density at radius 3 is 2.73 bits per heavy atom. The summed E-state index contributed by atoms with van der Waals surface area (Å²) in [5.41, 5.74) is 1.34. The molecule has 0 aliphatic carbocycles. The molecule has 3 nitrogen and oxygen atoms in total. The number of azo groups is 1. The van der Waals surface area contributed by atoms with Gasteiger partial charge in [0.15, 0.2) is 0 Å². The third kappa shape index (κ3) is 1.55. The summed E-state index contributed by atoms with van der Waals surface area (Å²) in [6, 6.07) is 5.37. The monoisotopic (exact) mass is 150 g/mol. The van der Waals surface area contributed by atoms with E-state index >= 15 is 0 Å². The summed E-state index contributed by atoms with van der Waals surface area (Å²) in [6.45, 7) is 1.82. The molecule has 0 saturated carbocycles. The van der Waals surface area contributed by atoms with E-state index < -0.39 is 0 Å². The van der Waals surface area contributed by atoms with Crippen LogP contribution >= 0.6 is 0 Å². The molecule has 0 spiro atoms. The van der Waals surface area contributed by atoms with Crippen molar-refractivity contribution in [2.45, 2.75) is 6.92 Å². The highest BCUT2D eigenvalue weighted by molar-refractivity contribution is 5.54. The average Bonchev–Trinajstić information content (AvgIpc) is 1.99. The predicted molar refractivity (Wildman–Crippen MR) is 43.3 cm³/mol. The fourth-order valence-electron chi connectivity index (χ4n) is 0.832. The number of para-hydroxylation sites is 1. The van der Waals surface area contributed by atoms with Crippen molar-refractivity contribution in [3.8, 4) is 5.75 Å². The number of nitrogens with zero attached hydrogens (tertiary/aromatic N) is 2. The molecule has 0 radical (unpaired) electrons. The maximum atomic E-state index is 9.37. The van der Waals surface area contributed by atoms with Crippen LogP contribution < -0.4 is 0 Å². The molecule has 0 bridgehead atoms. The standard InChI is InChI=1S/C8H10N2O/c1-6-4-3-5-7(8(6)11)10-9-2/h3-5,11H,1-2H3. The Hall–Kier alpha value is -1.38. The number of benzene rings is 1. The van der Waals surface area contributed by atoms with Crippen molar-refractivity contribution in [1.29, 1.82) is 0 Å². The SMILES string of the molecule is CN=Nc1cccc(C)c1O. The second-order valence-electron chi connectivity index (χ2n) is 2.24. The van der Waals surface area contributed by atoms with E-state index in [1.165, 1.54) is 0 Å². The minimum atomic E-state index is 0.207. The zero-order valence-electron chi connectivity index (χ0n) is 6.57. The lowest BCUT2D eigenvalue weighted by Gasteiger charge is -1.99. The summed E-state index contributed by atoms with van der Waals surface area (Å²) in [4.78, 5) is 0. The zero-order valence-corrected chi connectivity index (χ0v) is 6.57. The lowest BCUT2D eigenvalue weighted by Crippen LogP contribution is -1.73. The van der Waals surface area contributed by atoms with Crippen molar-refractivity contribution in [2.24, 2.45) is 10.2 Å². The van der Waals surface area contributed by atoms with Gasteiger partial charge in [0.2, 0.25) is 0 Å². The van der Waals surface area contributed by atoms with E-state index in [2.05, 4.69) is 10.2 Å². The minimum absolute atomic E-state index is 0.207. The molecule has 0 aromatic heterocycles. The first-order valence-electron chi connectivity index (χ1n) is 3.34. The topological polar surface area (TPSA) is 45.0 Å². The lowest BCUT2D eigenvalue weighted by molar-refractivity contribution is 0.472. The highest BCUT2D eigenvalue weighted by Crippen LogP contribution is 2.28. The number of aryl methyl sites for hydroxylation is 1. The van der Waals surface area contributed by atoms with Gasteiger partial charge >= 0.3 is 0 Å². The van der Waals surface area contributed by atoms with Gasteiger partial charge in [-0.2, -0.15) is 10.2 Å². The molecule has 0 aliphatic rings. The second-order valence-corrected chi connectivity index (χ2v) is 2.24. The van der Waals surface area contributed by atoms with Crippen molar-refractivity contribution in [3.05, 3.63) is 23.8 Å². The summed E-state index contributed by atoms with van der Waals surface area (Å²) in [7, 11) is 1.57. The molecule has 0 fully saturated rings. The highest BCUT2D eigenvalue weighted by atomic mass is 16.3. The van der Waals surface area contributed by atoms with Gasteiger partial charge < -0.3 is 5.11 Å². The smallest absolute Gasteiger partial charge is 0.145 e. The number of aromatic hydroxyl groups is 1. The van der Waals surface area contributed by atoms with Gasteiger partial charge in [0, 0.05) is 7.05 Å². The Labute approximate surface area is 65.4 Å². The molecule has 11 heavy (non-hydrogen) atoms. The molecule has 1 N–H and O–H groups in total. The molecule has 0 heterocycles. The van der Waals surface area contributed by atoms with Gasteiger partial charge in [-0.05, 0) is 18.6 Å². The van der Waals surface area contributed by atoms with Crippen molar-refractivity contribution in [1.82, 2.24) is 0 Å². The summed E-state index contributed by atoms with van der Waals surface area (Å²) in [5, 5.41) is 16.7. The fraction of sp³-hybridized carbons (Fsp3) is 0.250. The molecule has 1 rings (SSSR count). The Bertz CT molecular complexity index is 281.